The summed E-state index contributed by atoms with van der Waals surface area (Å²) in [7, 11) is 0. The van der Waals surface area contributed by atoms with E-state index in [1.165, 1.54) is 4.90 Å². The Labute approximate surface area is 118 Å². The minimum Gasteiger partial charge on any atom is -0.378 e. The maximum Gasteiger partial charge on any atom is 0.126 e. The summed E-state index contributed by atoms with van der Waals surface area (Å²) in [6, 6.07) is 13.7. The van der Waals surface area contributed by atoms with Gasteiger partial charge in [0.15, 0.2) is 0 Å². The number of benzene rings is 2. The van der Waals surface area contributed by atoms with E-state index in [-0.39, 0.29) is 11.9 Å². The van der Waals surface area contributed by atoms with Crippen LogP contribution in [-0.4, -0.2) is 6.26 Å². The van der Waals surface area contributed by atoms with Crippen LogP contribution in [-0.2, 0) is 0 Å². The van der Waals surface area contributed by atoms with Crippen LogP contribution in [0.4, 0.5) is 10.1 Å². The van der Waals surface area contributed by atoms with Crippen molar-refractivity contribution in [2.45, 2.75) is 24.8 Å². The Morgan fingerprint density at radius 3 is 2.63 bits per heavy atom. The maximum atomic E-state index is 13.6. The predicted molar refractivity (Wildman–Crippen MR) is 81.4 cm³/mol. The molecule has 0 bridgehead atoms. The van der Waals surface area contributed by atoms with Gasteiger partial charge in [-0.2, -0.15) is 0 Å². The Kier molecular flexibility index (Phi) is 4.48. The molecular weight excluding hydrogens is 257 g/mol. The van der Waals surface area contributed by atoms with Crippen LogP contribution in [0.1, 0.15) is 24.1 Å². The van der Waals surface area contributed by atoms with Crippen LogP contribution >= 0.6 is 11.8 Å². The molecule has 0 radical (unpaired) electrons. The molecule has 2 rings (SSSR count). The third-order valence-electron chi connectivity index (χ3n) is 3.15. The summed E-state index contributed by atoms with van der Waals surface area (Å²) in [6.07, 6.45) is 2.05. The summed E-state index contributed by atoms with van der Waals surface area (Å²) < 4.78 is 13.6. The fourth-order valence-electron chi connectivity index (χ4n) is 1.92. The zero-order chi connectivity index (χ0) is 13.8. The lowest BCUT2D eigenvalue weighted by Gasteiger charge is -2.16. The monoisotopic (exact) mass is 275 g/mol. The molecule has 1 atom stereocenters. The zero-order valence-electron chi connectivity index (χ0n) is 11.4. The molecule has 3 heteroatoms. The molecule has 0 heterocycles. The molecule has 0 aromatic heterocycles. The molecule has 0 saturated carbocycles. The van der Waals surface area contributed by atoms with E-state index >= 15 is 0 Å². The van der Waals surface area contributed by atoms with Crippen molar-refractivity contribution in [3.05, 3.63) is 59.4 Å². The van der Waals surface area contributed by atoms with Gasteiger partial charge >= 0.3 is 0 Å². The van der Waals surface area contributed by atoms with E-state index in [0.717, 1.165) is 11.3 Å². The highest BCUT2D eigenvalue weighted by molar-refractivity contribution is 7.98. The van der Waals surface area contributed by atoms with E-state index in [2.05, 4.69) is 23.7 Å². The van der Waals surface area contributed by atoms with Crippen molar-refractivity contribution in [2.24, 2.45) is 0 Å². The van der Waals surface area contributed by atoms with Crippen molar-refractivity contribution in [3.63, 3.8) is 0 Å². The first-order valence-corrected chi connectivity index (χ1v) is 7.49. The second-order valence-electron chi connectivity index (χ2n) is 4.61. The van der Waals surface area contributed by atoms with Gasteiger partial charge in [0.05, 0.1) is 0 Å². The molecular formula is C16H18FNS. The summed E-state index contributed by atoms with van der Waals surface area (Å²) >= 11 is 1.71. The molecule has 1 nitrogen and oxygen atoms in total. The summed E-state index contributed by atoms with van der Waals surface area (Å²) in [6.45, 7) is 3.81. The third kappa shape index (κ3) is 3.51. The first-order valence-electron chi connectivity index (χ1n) is 6.27. The molecule has 0 aliphatic carbocycles. The van der Waals surface area contributed by atoms with Gasteiger partial charge in [-0.05, 0) is 55.5 Å². The molecule has 100 valence electrons. The summed E-state index contributed by atoms with van der Waals surface area (Å²) in [4.78, 5) is 1.22. The Balaban J connectivity index is 2.15. The van der Waals surface area contributed by atoms with Crippen LogP contribution in [0.2, 0.25) is 0 Å². The average molecular weight is 275 g/mol. The Hall–Kier alpha value is -1.48. The van der Waals surface area contributed by atoms with Crippen LogP contribution < -0.4 is 5.32 Å². The number of rotatable bonds is 4. The van der Waals surface area contributed by atoms with Gasteiger partial charge in [0, 0.05) is 16.6 Å². The minimum atomic E-state index is -0.149. The molecule has 1 unspecified atom stereocenters. The van der Waals surface area contributed by atoms with Crippen LogP contribution in [0.15, 0.2) is 47.4 Å². The predicted octanol–water partition coefficient (Wildman–Crippen LogP) is 5.03. The summed E-state index contributed by atoms with van der Waals surface area (Å²) in [5.41, 5.74) is 2.69. The van der Waals surface area contributed by atoms with E-state index in [4.69, 9.17) is 0 Å². The van der Waals surface area contributed by atoms with E-state index in [1.54, 1.807) is 24.8 Å². The Bertz CT molecular complexity index is 568. The lowest BCUT2D eigenvalue weighted by Crippen LogP contribution is -2.07. The van der Waals surface area contributed by atoms with Gasteiger partial charge in [0.1, 0.15) is 5.82 Å². The van der Waals surface area contributed by atoms with E-state index in [0.29, 0.717) is 5.56 Å². The average Bonchev–Trinajstić information content (AvgIpc) is 2.42. The molecule has 0 fully saturated rings. The smallest absolute Gasteiger partial charge is 0.126 e. The summed E-state index contributed by atoms with van der Waals surface area (Å²) in [5, 5.41) is 3.40. The number of halogens is 1. The molecule has 2 aromatic carbocycles. The van der Waals surface area contributed by atoms with Crippen LogP contribution in [0.3, 0.4) is 0 Å². The van der Waals surface area contributed by atoms with Gasteiger partial charge in [-0.1, -0.05) is 18.2 Å². The molecule has 1 N–H and O–H groups in total. The largest absolute Gasteiger partial charge is 0.378 e. The van der Waals surface area contributed by atoms with Crippen molar-refractivity contribution in [1.82, 2.24) is 0 Å². The second-order valence-corrected chi connectivity index (χ2v) is 5.49. The van der Waals surface area contributed by atoms with Gasteiger partial charge < -0.3 is 5.32 Å². The van der Waals surface area contributed by atoms with E-state index in [1.807, 2.05) is 31.2 Å². The first kappa shape index (κ1) is 13.9. The van der Waals surface area contributed by atoms with Gasteiger partial charge in [0.25, 0.3) is 0 Å². The van der Waals surface area contributed by atoms with Gasteiger partial charge in [-0.15, -0.1) is 11.8 Å². The Morgan fingerprint density at radius 2 is 1.95 bits per heavy atom. The van der Waals surface area contributed by atoms with Gasteiger partial charge in [-0.25, -0.2) is 4.39 Å². The number of anilines is 1. The lowest BCUT2D eigenvalue weighted by atomic mass is 10.1. The van der Waals surface area contributed by atoms with Crippen LogP contribution in [0.25, 0.3) is 0 Å². The number of aryl methyl sites for hydroxylation is 1. The fraction of sp³-hybridized carbons (Fsp3) is 0.250. The lowest BCUT2D eigenvalue weighted by molar-refractivity contribution is 0.614. The highest BCUT2D eigenvalue weighted by Crippen LogP contribution is 2.24. The summed E-state index contributed by atoms with van der Waals surface area (Å²) in [5.74, 6) is -0.149. The van der Waals surface area contributed by atoms with E-state index < -0.39 is 0 Å². The normalized spacial score (nSPS) is 12.2. The van der Waals surface area contributed by atoms with Crippen molar-refractivity contribution >= 4 is 17.4 Å². The Morgan fingerprint density at radius 1 is 1.16 bits per heavy atom. The highest BCUT2D eigenvalue weighted by Gasteiger charge is 2.08. The highest BCUT2D eigenvalue weighted by atomic mass is 32.2. The molecule has 0 aliphatic heterocycles. The van der Waals surface area contributed by atoms with Crippen LogP contribution in [0.5, 0.6) is 0 Å². The molecule has 0 saturated heterocycles. The number of hydrogen-bond donors (Lipinski definition) is 1. The quantitative estimate of drug-likeness (QED) is 0.785. The SMILES string of the molecule is CSc1cccc(NC(C)c2ccc(C)c(F)c2)c1. The number of nitrogens with one attached hydrogen (secondary N) is 1. The number of thioether (sulfide) groups is 1. The molecule has 2 aromatic rings. The van der Waals surface area contributed by atoms with Gasteiger partial charge in [-0.3, -0.25) is 0 Å². The van der Waals surface area contributed by atoms with Crippen molar-refractivity contribution in [3.8, 4) is 0 Å². The zero-order valence-corrected chi connectivity index (χ0v) is 12.2. The molecule has 19 heavy (non-hydrogen) atoms. The van der Waals surface area contributed by atoms with Crippen molar-refractivity contribution in [2.75, 3.05) is 11.6 Å². The topological polar surface area (TPSA) is 12.0 Å². The maximum absolute atomic E-state index is 13.6. The van der Waals surface area contributed by atoms with Gasteiger partial charge in [0.2, 0.25) is 0 Å². The standard InChI is InChI=1S/C16H18FNS/c1-11-7-8-13(9-16(11)17)12(2)18-14-5-4-6-15(10-14)19-3/h4-10,12,18H,1-3H3. The van der Waals surface area contributed by atoms with Crippen molar-refractivity contribution in [1.29, 1.82) is 0 Å². The van der Waals surface area contributed by atoms with Crippen molar-refractivity contribution < 1.29 is 4.39 Å². The third-order valence-corrected chi connectivity index (χ3v) is 3.87. The van der Waals surface area contributed by atoms with E-state index in [9.17, 15) is 4.39 Å². The fourth-order valence-corrected chi connectivity index (χ4v) is 2.38. The molecule has 0 aliphatic rings. The number of hydrogen-bond acceptors (Lipinski definition) is 2. The minimum absolute atomic E-state index is 0.0761. The first-order chi connectivity index (χ1) is 9.10. The second kappa shape index (κ2) is 6.11. The molecule has 0 spiro atoms. The molecule has 0 amide bonds. The van der Waals surface area contributed by atoms with Crippen LogP contribution in [0, 0.1) is 12.7 Å².